The molecule has 0 fully saturated rings. The molecule has 0 spiro atoms. The van der Waals surface area contributed by atoms with Gasteiger partial charge in [-0.1, -0.05) is 53.5 Å². The summed E-state index contributed by atoms with van der Waals surface area (Å²) in [5.41, 5.74) is 4.46. The van der Waals surface area contributed by atoms with Gasteiger partial charge in [-0.3, -0.25) is 4.79 Å². The number of rotatable bonds is 4. The summed E-state index contributed by atoms with van der Waals surface area (Å²) in [4.78, 5) is 12.7. The van der Waals surface area contributed by atoms with E-state index >= 15 is 0 Å². The minimum absolute atomic E-state index is 0.115. The number of nitrogens with zero attached hydrogens (tertiary/aromatic N) is 2. The third-order valence-electron chi connectivity index (χ3n) is 5.47. The van der Waals surface area contributed by atoms with Crippen LogP contribution in [0.15, 0.2) is 82.0 Å². The van der Waals surface area contributed by atoms with Crippen molar-refractivity contribution in [3.8, 4) is 11.1 Å². The molecular weight excluding hydrogens is 487 g/mol. The zero-order valence-corrected chi connectivity index (χ0v) is 21.6. The van der Waals surface area contributed by atoms with Gasteiger partial charge in [-0.25, -0.2) is 4.21 Å². The first-order valence-electron chi connectivity index (χ1n) is 10.7. The molecular formula is C27H24Cl2N2O2S. The second kappa shape index (κ2) is 9.49. The average Bonchev–Trinajstić information content (AvgIpc) is 2.79. The lowest BCUT2D eigenvalue weighted by Crippen LogP contribution is -2.21. The van der Waals surface area contributed by atoms with E-state index in [0.29, 0.717) is 15.8 Å². The highest BCUT2D eigenvalue weighted by molar-refractivity contribution is 7.85. The van der Waals surface area contributed by atoms with E-state index < -0.39 is 15.7 Å². The van der Waals surface area contributed by atoms with Crippen LogP contribution in [0, 0.1) is 0 Å². The Hall–Kier alpha value is -2.73. The summed E-state index contributed by atoms with van der Waals surface area (Å²) in [6, 6.07) is 22.1. The van der Waals surface area contributed by atoms with Gasteiger partial charge in [0.2, 0.25) is 0 Å². The molecule has 1 heterocycles. The fourth-order valence-electron chi connectivity index (χ4n) is 3.60. The van der Waals surface area contributed by atoms with Gasteiger partial charge in [0.25, 0.3) is 5.56 Å². The number of pyridine rings is 1. The molecule has 0 amide bonds. The molecule has 0 aliphatic heterocycles. The first kappa shape index (κ1) is 24.4. The van der Waals surface area contributed by atoms with Gasteiger partial charge in [-0.2, -0.15) is 4.40 Å². The molecule has 4 aromatic rings. The molecule has 0 saturated carbocycles. The summed E-state index contributed by atoms with van der Waals surface area (Å²) in [5, 5.41) is 2.06. The Morgan fingerprint density at radius 3 is 2.21 bits per heavy atom. The van der Waals surface area contributed by atoms with E-state index in [2.05, 4.69) is 4.40 Å². The summed E-state index contributed by atoms with van der Waals surface area (Å²) < 4.78 is 18.7. The summed E-state index contributed by atoms with van der Waals surface area (Å²) >= 11 is 12.4. The largest absolute Gasteiger partial charge is 0.311 e. The number of aromatic nitrogens is 1. The van der Waals surface area contributed by atoms with Crippen LogP contribution < -0.4 is 5.56 Å². The smallest absolute Gasteiger partial charge is 0.251 e. The highest BCUT2D eigenvalue weighted by atomic mass is 35.5. The molecule has 4 nitrogen and oxygen atoms in total. The van der Waals surface area contributed by atoms with Crippen LogP contribution in [0.2, 0.25) is 10.0 Å². The van der Waals surface area contributed by atoms with E-state index in [1.807, 2.05) is 69.3 Å². The number of aryl methyl sites for hydroxylation is 1. The Morgan fingerprint density at radius 2 is 1.56 bits per heavy atom. The highest BCUT2D eigenvalue weighted by Crippen LogP contribution is 2.30. The SMILES string of the molecule is Cn1c(=O)cc(-c2cccc(Cl)c2)c2cc(C(=N[S@@](=O)C(C)(C)C)c3ccc(Cl)cc3)ccc21. The Kier molecular flexibility index (Phi) is 6.81. The Balaban J connectivity index is 2.01. The highest BCUT2D eigenvalue weighted by Gasteiger charge is 2.21. The third-order valence-corrected chi connectivity index (χ3v) is 7.35. The minimum Gasteiger partial charge on any atom is -0.311 e. The zero-order valence-electron chi connectivity index (χ0n) is 19.3. The predicted molar refractivity (Wildman–Crippen MR) is 145 cm³/mol. The van der Waals surface area contributed by atoms with E-state index in [1.54, 1.807) is 35.9 Å². The van der Waals surface area contributed by atoms with Gasteiger partial charge in [0.1, 0.15) is 11.0 Å². The Morgan fingerprint density at radius 1 is 0.882 bits per heavy atom. The van der Waals surface area contributed by atoms with Gasteiger partial charge in [0.05, 0.1) is 16.0 Å². The lowest BCUT2D eigenvalue weighted by atomic mass is 9.96. The molecule has 34 heavy (non-hydrogen) atoms. The van der Waals surface area contributed by atoms with Gasteiger partial charge in [-0.05, 0) is 68.3 Å². The van der Waals surface area contributed by atoms with Crippen molar-refractivity contribution in [3.63, 3.8) is 0 Å². The summed E-state index contributed by atoms with van der Waals surface area (Å²) in [5.74, 6) is 0. The molecule has 0 unspecified atom stereocenters. The van der Waals surface area contributed by atoms with E-state index in [9.17, 15) is 9.00 Å². The molecule has 1 aromatic heterocycles. The zero-order chi connectivity index (χ0) is 24.6. The number of halogens is 2. The average molecular weight is 511 g/mol. The van der Waals surface area contributed by atoms with Gasteiger partial charge in [0.15, 0.2) is 0 Å². The van der Waals surface area contributed by atoms with Crippen LogP contribution in [-0.2, 0) is 18.0 Å². The van der Waals surface area contributed by atoms with Crippen molar-refractivity contribution in [2.24, 2.45) is 11.4 Å². The van der Waals surface area contributed by atoms with Crippen molar-refractivity contribution in [3.05, 3.63) is 104 Å². The third kappa shape index (κ3) is 5.02. The second-order valence-electron chi connectivity index (χ2n) is 9.01. The molecule has 0 aliphatic carbocycles. The van der Waals surface area contributed by atoms with E-state index in [4.69, 9.17) is 23.2 Å². The van der Waals surface area contributed by atoms with E-state index in [1.165, 1.54) is 0 Å². The number of fused-ring (bicyclic) bond motifs is 1. The summed E-state index contributed by atoms with van der Waals surface area (Å²) in [6.45, 7) is 5.67. The maximum absolute atomic E-state index is 13.0. The molecule has 0 aliphatic rings. The molecule has 4 rings (SSSR count). The molecule has 0 saturated heterocycles. The molecule has 3 aromatic carbocycles. The first-order valence-corrected chi connectivity index (χ1v) is 12.6. The topological polar surface area (TPSA) is 51.4 Å². The molecule has 0 bridgehead atoms. The predicted octanol–water partition coefficient (Wildman–Crippen LogP) is 6.81. The van der Waals surface area contributed by atoms with Gasteiger partial charge >= 0.3 is 0 Å². The molecule has 7 heteroatoms. The number of hydrogen-bond donors (Lipinski definition) is 0. The minimum atomic E-state index is -1.48. The van der Waals surface area contributed by atoms with Crippen LogP contribution in [0.1, 0.15) is 31.9 Å². The maximum atomic E-state index is 13.0. The second-order valence-corrected chi connectivity index (χ2v) is 11.8. The molecule has 0 radical (unpaired) electrons. The van der Waals surface area contributed by atoms with Crippen LogP contribution >= 0.6 is 23.2 Å². The normalized spacial score (nSPS) is 13.3. The van der Waals surface area contributed by atoms with E-state index in [-0.39, 0.29) is 5.56 Å². The summed E-state index contributed by atoms with van der Waals surface area (Å²) in [7, 11) is 0.267. The van der Waals surface area contributed by atoms with Crippen molar-refractivity contribution in [2.75, 3.05) is 0 Å². The van der Waals surface area contributed by atoms with Crippen LogP contribution in [0.4, 0.5) is 0 Å². The number of hydrogen-bond acceptors (Lipinski definition) is 2. The maximum Gasteiger partial charge on any atom is 0.251 e. The monoisotopic (exact) mass is 510 g/mol. The summed E-state index contributed by atoms with van der Waals surface area (Å²) in [6.07, 6.45) is 0. The quantitative estimate of drug-likeness (QED) is 0.283. The molecule has 1 atom stereocenters. The number of benzene rings is 3. The van der Waals surface area contributed by atoms with Gasteiger partial charge < -0.3 is 4.57 Å². The van der Waals surface area contributed by atoms with Gasteiger partial charge in [-0.15, -0.1) is 0 Å². The van der Waals surface area contributed by atoms with Crippen molar-refractivity contribution in [1.82, 2.24) is 4.57 Å². The van der Waals surface area contributed by atoms with Crippen LogP contribution in [-0.4, -0.2) is 19.2 Å². The van der Waals surface area contributed by atoms with Crippen LogP contribution in [0.25, 0.3) is 22.0 Å². The molecule has 174 valence electrons. The van der Waals surface area contributed by atoms with Crippen molar-refractivity contribution in [1.29, 1.82) is 0 Å². The van der Waals surface area contributed by atoms with E-state index in [0.717, 1.165) is 33.2 Å². The Bertz CT molecular complexity index is 1500. The molecule has 0 N–H and O–H groups in total. The first-order chi connectivity index (χ1) is 16.0. The fraction of sp³-hybridized carbons (Fsp3) is 0.185. The lowest BCUT2D eigenvalue weighted by Gasteiger charge is -2.17. The van der Waals surface area contributed by atoms with Crippen LogP contribution in [0.3, 0.4) is 0 Å². The lowest BCUT2D eigenvalue weighted by molar-refractivity contribution is 0.650. The van der Waals surface area contributed by atoms with Crippen molar-refractivity contribution in [2.45, 2.75) is 25.5 Å². The van der Waals surface area contributed by atoms with Crippen molar-refractivity contribution >= 4 is 50.8 Å². The Labute approximate surface area is 211 Å². The van der Waals surface area contributed by atoms with Crippen LogP contribution in [0.5, 0.6) is 0 Å². The van der Waals surface area contributed by atoms with Gasteiger partial charge in [0, 0.05) is 39.7 Å². The van der Waals surface area contributed by atoms with Crippen molar-refractivity contribution < 1.29 is 4.21 Å². The fourth-order valence-corrected chi connectivity index (χ4v) is 4.57. The standard InChI is InChI=1S/C27H24Cl2N2O2S/c1-27(2,3)34(33)30-26(17-8-11-20(28)12-9-17)19-10-13-24-23(15-19)22(16-25(32)31(24)4)18-6-5-7-21(29)14-18/h5-16H,1-4H3/t34-/m0/s1.